The fourth-order valence-corrected chi connectivity index (χ4v) is 4.71. The lowest BCUT2D eigenvalue weighted by atomic mass is 10.1. The van der Waals surface area contributed by atoms with Crippen LogP contribution in [0, 0.1) is 31.1 Å². The normalized spacial score (nSPS) is 14.0. The van der Waals surface area contributed by atoms with Gasteiger partial charge in [0.2, 0.25) is 0 Å². The number of hydrogen-bond donors (Lipinski definition) is 1. The minimum atomic E-state index is -0.609. The van der Waals surface area contributed by atoms with E-state index in [1.807, 2.05) is 36.7 Å². The summed E-state index contributed by atoms with van der Waals surface area (Å²) in [5.41, 5.74) is 6.47. The molecule has 36 heavy (non-hydrogen) atoms. The SMILES string of the molecule is COc1c(-c2ccc(C#N)cc2)nn(CC2CC2)c1Cc1cc(-n2nc(C)c(C(C)O)c2C)ncn1. The van der Waals surface area contributed by atoms with Crippen molar-refractivity contribution in [1.82, 2.24) is 29.5 Å². The predicted octanol–water partition coefficient (Wildman–Crippen LogP) is 4.08. The highest BCUT2D eigenvalue weighted by Crippen LogP contribution is 2.37. The van der Waals surface area contributed by atoms with E-state index in [4.69, 9.17) is 15.1 Å². The molecule has 1 atom stereocenters. The Bertz CT molecular complexity index is 1440. The molecule has 9 nitrogen and oxygen atoms in total. The summed E-state index contributed by atoms with van der Waals surface area (Å²) in [4.78, 5) is 8.98. The molecule has 0 saturated heterocycles. The molecule has 0 amide bonds. The highest BCUT2D eigenvalue weighted by atomic mass is 16.5. The third kappa shape index (κ3) is 4.48. The summed E-state index contributed by atoms with van der Waals surface area (Å²) in [6.07, 6.45) is 3.85. The first-order chi connectivity index (χ1) is 17.4. The molecule has 0 bridgehead atoms. The van der Waals surface area contributed by atoms with Crippen LogP contribution in [0.15, 0.2) is 36.7 Å². The van der Waals surface area contributed by atoms with Crippen LogP contribution in [0.2, 0.25) is 0 Å². The zero-order chi connectivity index (χ0) is 25.4. The highest BCUT2D eigenvalue weighted by Gasteiger charge is 2.27. The molecule has 1 aromatic carbocycles. The maximum absolute atomic E-state index is 10.2. The third-order valence-electron chi connectivity index (χ3n) is 6.67. The summed E-state index contributed by atoms with van der Waals surface area (Å²) >= 11 is 0. The number of aliphatic hydroxyl groups excluding tert-OH is 1. The number of rotatable bonds is 8. The quantitative estimate of drug-likeness (QED) is 0.402. The Labute approximate surface area is 210 Å². The fourth-order valence-electron chi connectivity index (χ4n) is 4.71. The highest BCUT2D eigenvalue weighted by molar-refractivity contribution is 5.68. The van der Waals surface area contributed by atoms with Crippen molar-refractivity contribution in [3.8, 4) is 28.9 Å². The molecule has 3 heterocycles. The molecule has 1 N–H and O–H groups in total. The molecule has 1 aliphatic carbocycles. The molecule has 1 fully saturated rings. The molecule has 0 aliphatic heterocycles. The minimum Gasteiger partial charge on any atom is -0.492 e. The molecule has 3 aromatic heterocycles. The zero-order valence-corrected chi connectivity index (χ0v) is 20.9. The van der Waals surface area contributed by atoms with Gasteiger partial charge in [0.1, 0.15) is 12.0 Å². The monoisotopic (exact) mass is 483 g/mol. The van der Waals surface area contributed by atoms with Crippen LogP contribution in [0.3, 0.4) is 0 Å². The first kappa shape index (κ1) is 23.7. The second-order valence-corrected chi connectivity index (χ2v) is 9.36. The Balaban J connectivity index is 1.54. The van der Waals surface area contributed by atoms with E-state index in [-0.39, 0.29) is 0 Å². The Hall–Kier alpha value is -4.03. The first-order valence-corrected chi connectivity index (χ1v) is 12.1. The number of aliphatic hydroxyl groups is 1. The first-order valence-electron chi connectivity index (χ1n) is 12.1. The zero-order valence-electron chi connectivity index (χ0n) is 20.9. The van der Waals surface area contributed by atoms with Crippen molar-refractivity contribution < 1.29 is 9.84 Å². The minimum absolute atomic E-state index is 0.511. The van der Waals surface area contributed by atoms with Crippen molar-refractivity contribution in [2.45, 2.75) is 52.7 Å². The van der Waals surface area contributed by atoms with Gasteiger partial charge in [-0.05, 0) is 51.7 Å². The van der Waals surface area contributed by atoms with E-state index in [9.17, 15) is 5.11 Å². The number of ether oxygens (including phenoxy) is 1. The summed E-state index contributed by atoms with van der Waals surface area (Å²) in [6, 6.07) is 11.5. The van der Waals surface area contributed by atoms with Crippen LogP contribution in [-0.2, 0) is 13.0 Å². The summed E-state index contributed by atoms with van der Waals surface area (Å²) in [5.74, 6) is 1.98. The van der Waals surface area contributed by atoms with Crippen molar-refractivity contribution >= 4 is 0 Å². The van der Waals surface area contributed by atoms with Crippen molar-refractivity contribution in [2.24, 2.45) is 5.92 Å². The molecule has 1 aliphatic rings. The molecule has 184 valence electrons. The summed E-state index contributed by atoms with van der Waals surface area (Å²) < 4.78 is 9.68. The van der Waals surface area contributed by atoms with Crippen LogP contribution in [0.1, 0.15) is 59.8 Å². The number of nitrogens with zero attached hydrogens (tertiary/aromatic N) is 7. The molecule has 4 aromatic rings. The Morgan fingerprint density at radius 3 is 2.53 bits per heavy atom. The van der Waals surface area contributed by atoms with Gasteiger partial charge in [0, 0.05) is 35.9 Å². The van der Waals surface area contributed by atoms with Gasteiger partial charge in [-0.3, -0.25) is 4.68 Å². The van der Waals surface area contributed by atoms with Crippen LogP contribution < -0.4 is 4.74 Å². The third-order valence-corrected chi connectivity index (χ3v) is 6.67. The van der Waals surface area contributed by atoms with E-state index < -0.39 is 6.10 Å². The van der Waals surface area contributed by atoms with Gasteiger partial charge >= 0.3 is 0 Å². The molecule has 0 spiro atoms. The number of nitriles is 1. The van der Waals surface area contributed by atoms with E-state index in [0.29, 0.717) is 29.5 Å². The number of hydrogen-bond acceptors (Lipinski definition) is 7. The Morgan fingerprint density at radius 2 is 1.92 bits per heavy atom. The van der Waals surface area contributed by atoms with E-state index in [0.717, 1.165) is 46.1 Å². The van der Waals surface area contributed by atoms with Gasteiger partial charge in [-0.1, -0.05) is 12.1 Å². The van der Waals surface area contributed by atoms with Crippen molar-refractivity contribution in [1.29, 1.82) is 5.26 Å². The number of aryl methyl sites for hydroxylation is 1. The molecule has 1 saturated carbocycles. The molecule has 0 radical (unpaired) electrons. The maximum atomic E-state index is 10.2. The van der Waals surface area contributed by atoms with Crippen LogP contribution in [-0.4, -0.2) is 41.7 Å². The molecular weight excluding hydrogens is 454 g/mol. The summed E-state index contributed by atoms with van der Waals surface area (Å²) in [6.45, 7) is 6.39. The summed E-state index contributed by atoms with van der Waals surface area (Å²) in [5, 5.41) is 28.9. The molecule has 5 rings (SSSR count). The van der Waals surface area contributed by atoms with Gasteiger partial charge in [0.05, 0.1) is 41.9 Å². The average Bonchev–Trinajstić information content (AvgIpc) is 3.55. The van der Waals surface area contributed by atoms with Crippen molar-refractivity contribution in [3.05, 3.63) is 70.6 Å². The van der Waals surface area contributed by atoms with E-state index in [1.54, 1.807) is 37.2 Å². The largest absolute Gasteiger partial charge is 0.492 e. The van der Waals surface area contributed by atoms with Crippen LogP contribution >= 0.6 is 0 Å². The lowest BCUT2D eigenvalue weighted by molar-refractivity contribution is 0.197. The molecule has 1 unspecified atom stereocenters. The van der Waals surface area contributed by atoms with E-state index in [2.05, 4.69) is 21.1 Å². The van der Waals surface area contributed by atoms with Crippen molar-refractivity contribution in [3.63, 3.8) is 0 Å². The van der Waals surface area contributed by atoms with Crippen LogP contribution in [0.25, 0.3) is 17.1 Å². The number of aromatic nitrogens is 6. The lowest BCUT2D eigenvalue weighted by Crippen LogP contribution is -2.10. The van der Waals surface area contributed by atoms with Crippen molar-refractivity contribution in [2.75, 3.05) is 7.11 Å². The average molecular weight is 484 g/mol. The van der Waals surface area contributed by atoms with Gasteiger partial charge in [-0.2, -0.15) is 15.5 Å². The topological polar surface area (TPSA) is 115 Å². The Morgan fingerprint density at radius 1 is 1.17 bits per heavy atom. The van der Waals surface area contributed by atoms with Gasteiger partial charge in [-0.25, -0.2) is 14.6 Å². The fraction of sp³-hybridized carbons (Fsp3) is 0.370. The van der Waals surface area contributed by atoms with Gasteiger partial charge in [0.15, 0.2) is 11.6 Å². The number of methoxy groups -OCH3 is 1. The second-order valence-electron chi connectivity index (χ2n) is 9.36. The van der Waals surface area contributed by atoms with E-state index in [1.165, 1.54) is 12.8 Å². The Kier molecular flexibility index (Phi) is 6.29. The molecular formula is C27H29N7O2. The van der Waals surface area contributed by atoms with E-state index >= 15 is 0 Å². The van der Waals surface area contributed by atoms with Gasteiger partial charge in [-0.15, -0.1) is 0 Å². The van der Waals surface area contributed by atoms with Gasteiger partial charge < -0.3 is 9.84 Å². The number of benzene rings is 1. The smallest absolute Gasteiger partial charge is 0.168 e. The lowest BCUT2D eigenvalue weighted by Gasteiger charge is -2.10. The van der Waals surface area contributed by atoms with Crippen LogP contribution in [0.4, 0.5) is 0 Å². The van der Waals surface area contributed by atoms with Crippen LogP contribution in [0.5, 0.6) is 5.75 Å². The molecule has 9 heteroatoms. The standard InChI is InChI=1S/C27H29N7O2/c1-16-25(18(3)35)17(2)34(31-16)24-12-22(29-15-30-24)11-23-27(36-4)26(32-33(23)14-20-5-6-20)21-9-7-19(13-28)8-10-21/h7-10,12,15,18,20,35H,5-6,11,14H2,1-4H3. The second kappa shape index (κ2) is 9.55. The maximum Gasteiger partial charge on any atom is 0.168 e. The summed E-state index contributed by atoms with van der Waals surface area (Å²) in [7, 11) is 1.66. The van der Waals surface area contributed by atoms with Gasteiger partial charge in [0.25, 0.3) is 0 Å². The predicted molar refractivity (Wildman–Crippen MR) is 134 cm³/mol.